The highest BCUT2D eigenvalue weighted by molar-refractivity contribution is 8.00. The molecule has 0 amide bonds. The zero-order valence-electron chi connectivity index (χ0n) is 7.12. The van der Waals surface area contributed by atoms with Gasteiger partial charge in [0, 0.05) is 30.3 Å². The number of carbonyl (C=O) groups is 1. The summed E-state index contributed by atoms with van der Waals surface area (Å²) in [6.45, 7) is 0.248. The summed E-state index contributed by atoms with van der Waals surface area (Å²) in [5, 5.41) is 0. The molecular formula is C8H8F3NOS. The lowest BCUT2D eigenvalue weighted by molar-refractivity contribution is -0.0328. The second kappa shape index (κ2) is 4.54. The topological polar surface area (TPSA) is 22.0 Å². The fourth-order valence-electron chi connectivity index (χ4n) is 0.935. The second-order valence-corrected chi connectivity index (χ2v) is 3.75. The Balaban J connectivity index is 2.35. The van der Waals surface area contributed by atoms with Gasteiger partial charge in [0.2, 0.25) is 0 Å². The van der Waals surface area contributed by atoms with Gasteiger partial charge in [-0.3, -0.25) is 4.79 Å². The van der Waals surface area contributed by atoms with E-state index in [-0.39, 0.29) is 24.1 Å². The largest absolute Gasteiger partial charge is 0.441 e. The summed E-state index contributed by atoms with van der Waals surface area (Å²) < 4.78 is 36.7. The van der Waals surface area contributed by atoms with E-state index in [0.717, 1.165) is 0 Å². The van der Waals surface area contributed by atoms with Crippen LogP contribution >= 0.6 is 11.8 Å². The lowest BCUT2D eigenvalue weighted by atomic mass is 10.4. The Morgan fingerprint density at radius 3 is 2.71 bits per heavy atom. The first-order valence-corrected chi connectivity index (χ1v) is 4.81. The molecule has 0 fully saturated rings. The maximum atomic E-state index is 11.7. The Kier molecular flexibility index (Phi) is 3.62. The van der Waals surface area contributed by atoms with Crippen molar-refractivity contribution in [3.63, 3.8) is 0 Å². The van der Waals surface area contributed by atoms with Crippen LogP contribution < -0.4 is 0 Å². The molecule has 0 spiro atoms. The number of aldehydes is 1. The lowest BCUT2D eigenvalue weighted by Crippen LogP contribution is -2.05. The van der Waals surface area contributed by atoms with Gasteiger partial charge in [0.1, 0.15) is 0 Å². The molecule has 1 aromatic heterocycles. The molecule has 14 heavy (non-hydrogen) atoms. The van der Waals surface area contributed by atoms with E-state index in [0.29, 0.717) is 11.8 Å². The summed E-state index contributed by atoms with van der Waals surface area (Å²) in [5.41, 5.74) is -3.71. The molecule has 0 aliphatic rings. The predicted octanol–water partition coefficient (Wildman–Crippen LogP) is 2.55. The number of aryl methyl sites for hydroxylation is 1. The normalized spacial score (nSPS) is 11.6. The maximum absolute atomic E-state index is 11.7. The molecule has 1 rings (SSSR count). The van der Waals surface area contributed by atoms with E-state index in [4.69, 9.17) is 0 Å². The van der Waals surface area contributed by atoms with Crippen LogP contribution in [-0.4, -0.2) is 22.1 Å². The Morgan fingerprint density at radius 1 is 1.50 bits per heavy atom. The van der Waals surface area contributed by atoms with E-state index < -0.39 is 5.51 Å². The van der Waals surface area contributed by atoms with Crippen molar-refractivity contribution in [1.82, 2.24) is 4.57 Å². The molecule has 1 heterocycles. The Morgan fingerprint density at radius 2 is 2.21 bits per heavy atom. The van der Waals surface area contributed by atoms with Crippen molar-refractivity contribution < 1.29 is 18.0 Å². The van der Waals surface area contributed by atoms with Crippen molar-refractivity contribution in [3.05, 3.63) is 24.0 Å². The average Bonchev–Trinajstić information content (AvgIpc) is 2.50. The Bertz CT molecular complexity index is 308. The third kappa shape index (κ3) is 3.87. The molecule has 0 unspecified atom stereocenters. The monoisotopic (exact) mass is 223 g/mol. The molecule has 0 aliphatic carbocycles. The van der Waals surface area contributed by atoms with Crippen molar-refractivity contribution in [3.8, 4) is 0 Å². The molecule has 0 radical (unpaired) electrons. The molecule has 78 valence electrons. The number of aromatic nitrogens is 1. The summed E-state index contributed by atoms with van der Waals surface area (Å²) in [6, 6.07) is 1.56. The van der Waals surface area contributed by atoms with Crippen LogP contribution in [0.3, 0.4) is 0 Å². The molecule has 2 nitrogen and oxygen atoms in total. The molecule has 0 atom stereocenters. The van der Waals surface area contributed by atoms with E-state index in [1.165, 1.54) is 6.20 Å². The van der Waals surface area contributed by atoms with Gasteiger partial charge in [0.15, 0.2) is 6.29 Å². The van der Waals surface area contributed by atoms with E-state index in [9.17, 15) is 18.0 Å². The highest BCUT2D eigenvalue weighted by Gasteiger charge is 2.27. The van der Waals surface area contributed by atoms with E-state index in [2.05, 4.69) is 0 Å². The quantitative estimate of drug-likeness (QED) is 0.732. The van der Waals surface area contributed by atoms with Crippen molar-refractivity contribution >= 4 is 18.0 Å². The van der Waals surface area contributed by atoms with Crippen LogP contribution in [0.25, 0.3) is 0 Å². The molecule has 0 aliphatic heterocycles. The van der Waals surface area contributed by atoms with Crippen LogP contribution in [0.1, 0.15) is 10.4 Å². The zero-order valence-corrected chi connectivity index (χ0v) is 7.94. The van der Waals surface area contributed by atoms with Crippen molar-refractivity contribution in [1.29, 1.82) is 0 Å². The summed E-state index contributed by atoms with van der Waals surface area (Å²) in [4.78, 5) is 10.3. The van der Waals surface area contributed by atoms with Gasteiger partial charge in [-0.05, 0) is 17.8 Å². The van der Waals surface area contributed by atoms with Crippen molar-refractivity contribution in [2.75, 3.05) is 5.75 Å². The van der Waals surface area contributed by atoms with Crippen molar-refractivity contribution in [2.24, 2.45) is 0 Å². The Labute approximate surface area is 83.1 Å². The predicted molar refractivity (Wildman–Crippen MR) is 48.3 cm³/mol. The van der Waals surface area contributed by atoms with Gasteiger partial charge in [-0.2, -0.15) is 13.2 Å². The summed E-state index contributed by atoms with van der Waals surface area (Å²) in [5.74, 6) is -0.0452. The maximum Gasteiger partial charge on any atom is 0.441 e. The Hall–Kier alpha value is -0.910. The zero-order chi connectivity index (χ0) is 10.6. The number of nitrogens with zero attached hydrogens (tertiary/aromatic N) is 1. The van der Waals surface area contributed by atoms with Crippen LogP contribution in [0.4, 0.5) is 13.2 Å². The van der Waals surface area contributed by atoms with Gasteiger partial charge >= 0.3 is 5.51 Å². The molecule has 6 heteroatoms. The molecule has 1 aromatic rings. The minimum Gasteiger partial charge on any atom is -0.353 e. The molecule has 0 saturated heterocycles. The van der Waals surface area contributed by atoms with Gasteiger partial charge in [-0.25, -0.2) is 0 Å². The minimum atomic E-state index is -4.18. The first-order valence-electron chi connectivity index (χ1n) is 3.83. The fourth-order valence-corrected chi connectivity index (χ4v) is 1.47. The number of halogens is 3. The standard InChI is InChI=1S/C8H8F3NOS/c9-8(10,11)14-4-3-12-2-1-7(5-12)6-13/h1-2,5-6H,3-4H2. The molecular weight excluding hydrogens is 215 g/mol. The van der Waals surface area contributed by atoms with Crippen LogP contribution in [-0.2, 0) is 6.54 Å². The SMILES string of the molecule is O=Cc1ccn(CCSC(F)(F)F)c1. The first-order chi connectivity index (χ1) is 6.51. The van der Waals surface area contributed by atoms with Crippen LogP contribution in [0.2, 0.25) is 0 Å². The summed E-state index contributed by atoms with van der Waals surface area (Å²) >= 11 is -0.0639. The van der Waals surface area contributed by atoms with E-state index in [1.807, 2.05) is 0 Å². The van der Waals surface area contributed by atoms with Gasteiger partial charge < -0.3 is 4.57 Å². The van der Waals surface area contributed by atoms with Gasteiger partial charge in [0.25, 0.3) is 0 Å². The van der Waals surface area contributed by atoms with Crippen molar-refractivity contribution in [2.45, 2.75) is 12.1 Å². The van der Waals surface area contributed by atoms with E-state index in [1.54, 1.807) is 16.8 Å². The minimum absolute atomic E-state index is 0.0452. The number of alkyl halides is 3. The summed E-state index contributed by atoms with van der Waals surface area (Å²) in [6.07, 6.45) is 3.76. The molecule has 0 bridgehead atoms. The number of hydrogen-bond acceptors (Lipinski definition) is 2. The summed E-state index contributed by atoms with van der Waals surface area (Å²) in [7, 11) is 0. The third-order valence-electron chi connectivity index (χ3n) is 1.52. The fraction of sp³-hybridized carbons (Fsp3) is 0.375. The average molecular weight is 223 g/mol. The number of thioether (sulfide) groups is 1. The first kappa shape index (κ1) is 11.2. The number of rotatable bonds is 4. The van der Waals surface area contributed by atoms with Crippen LogP contribution in [0.5, 0.6) is 0 Å². The van der Waals surface area contributed by atoms with Gasteiger partial charge in [0.05, 0.1) is 0 Å². The number of hydrogen-bond donors (Lipinski definition) is 0. The van der Waals surface area contributed by atoms with Crippen LogP contribution in [0, 0.1) is 0 Å². The number of carbonyl (C=O) groups excluding carboxylic acids is 1. The highest BCUT2D eigenvalue weighted by atomic mass is 32.2. The second-order valence-electron chi connectivity index (χ2n) is 2.59. The molecule has 0 aromatic carbocycles. The van der Waals surface area contributed by atoms with Gasteiger partial charge in [-0.1, -0.05) is 0 Å². The highest BCUT2D eigenvalue weighted by Crippen LogP contribution is 2.29. The van der Waals surface area contributed by atoms with Crippen LogP contribution in [0.15, 0.2) is 18.5 Å². The molecule has 0 saturated carbocycles. The van der Waals surface area contributed by atoms with E-state index >= 15 is 0 Å². The molecule has 0 N–H and O–H groups in total. The third-order valence-corrected chi connectivity index (χ3v) is 2.24. The van der Waals surface area contributed by atoms with Gasteiger partial charge in [-0.15, -0.1) is 0 Å². The smallest absolute Gasteiger partial charge is 0.353 e. The lowest BCUT2D eigenvalue weighted by Gasteiger charge is -2.05.